The number of benzene rings is 2. The van der Waals surface area contributed by atoms with Crippen LogP contribution in [0.25, 0.3) is 0 Å². The van der Waals surface area contributed by atoms with Crippen LogP contribution in [0, 0.1) is 0 Å². The SMILES string of the molecule is COc1ccc(C(CO)Nc2ccccc2Cl)cc1Br. The zero-order chi connectivity index (χ0) is 14.5. The first-order valence-electron chi connectivity index (χ1n) is 6.11. The van der Waals surface area contributed by atoms with Crippen molar-refractivity contribution < 1.29 is 9.84 Å². The molecule has 1 unspecified atom stereocenters. The molecule has 20 heavy (non-hydrogen) atoms. The second-order valence-electron chi connectivity index (χ2n) is 4.25. The van der Waals surface area contributed by atoms with E-state index in [1.165, 1.54) is 0 Å². The lowest BCUT2D eigenvalue weighted by atomic mass is 10.1. The van der Waals surface area contributed by atoms with Crippen molar-refractivity contribution >= 4 is 33.2 Å². The highest BCUT2D eigenvalue weighted by Gasteiger charge is 2.13. The molecule has 0 aliphatic carbocycles. The van der Waals surface area contributed by atoms with Crippen LogP contribution in [0.4, 0.5) is 5.69 Å². The van der Waals surface area contributed by atoms with Crippen LogP contribution in [0.5, 0.6) is 5.75 Å². The van der Waals surface area contributed by atoms with E-state index in [1.807, 2.05) is 42.5 Å². The maximum Gasteiger partial charge on any atom is 0.133 e. The predicted octanol–water partition coefficient (Wildman–Crippen LogP) is 4.26. The van der Waals surface area contributed by atoms with E-state index in [0.717, 1.165) is 21.5 Å². The fourth-order valence-corrected chi connectivity index (χ4v) is 2.65. The van der Waals surface area contributed by atoms with E-state index in [1.54, 1.807) is 7.11 Å². The van der Waals surface area contributed by atoms with Gasteiger partial charge in [-0.3, -0.25) is 0 Å². The largest absolute Gasteiger partial charge is 0.496 e. The van der Waals surface area contributed by atoms with Gasteiger partial charge in [0.25, 0.3) is 0 Å². The number of methoxy groups -OCH3 is 1. The lowest BCUT2D eigenvalue weighted by Gasteiger charge is -2.19. The summed E-state index contributed by atoms with van der Waals surface area (Å²) in [7, 11) is 1.62. The van der Waals surface area contributed by atoms with Crippen LogP contribution in [-0.2, 0) is 0 Å². The van der Waals surface area contributed by atoms with Crippen LogP contribution in [0.1, 0.15) is 11.6 Å². The van der Waals surface area contributed by atoms with Crippen LogP contribution in [0.15, 0.2) is 46.9 Å². The van der Waals surface area contributed by atoms with Gasteiger partial charge in [0.05, 0.1) is 34.9 Å². The molecule has 0 fully saturated rings. The van der Waals surface area contributed by atoms with Gasteiger partial charge >= 0.3 is 0 Å². The van der Waals surface area contributed by atoms with Crippen molar-refractivity contribution in [1.82, 2.24) is 0 Å². The summed E-state index contributed by atoms with van der Waals surface area (Å²) in [6.45, 7) is -0.0377. The highest BCUT2D eigenvalue weighted by molar-refractivity contribution is 9.10. The minimum atomic E-state index is -0.239. The first kappa shape index (κ1) is 15.2. The topological polar surface area (TPSA) is 41.5 Å². The van der Waals surface area contributed by atoms with Crippen LogP contribution in [0.3, 0.4) is 0 Å². The average molecular weight is 357 g/mol. The van der Waals surface area contributed by atoms with Gasteiger partial charge < -0.3 is 15.2 Å². The van der Waals surface area contributed by atoms with Gasteiger partial charge in [0.1, 0.15) is 5.75 Å². The van der Waals surface area contributed by atoms with E-state index in [-0.39, 0.29) is 12.6 Å². The van der Waals surface area contributed by atoms with E-state index in [9.17, 15) is 5.11 Å². The Hall–Kier alpha value is -1.23. The normalized spacial score (nSPS) is 12.0. The zero-order valence-electron chi connectivity index (χ0n) is 10.9. The van der Waals surface area contributed by atoms with Gasteiger partial charge in [-0.1, -0.05) is 29.8 Å². The summed E-state index contributed by atoms with van der Waals surface area (Å²) in [5, 5.41) is 13.5. The second kappa shape index (κ2) is 6.97. The molecule has 2 aromatic rings. The smallest absolute Gasteiger partial charge is 0.133 e. The lowest BCUT2D eigenvalue weighted by molar-refractivity contribution is 0.276. The van der Waals surface area contributed by atoms with Crippen molar-refractivity contribution in [3.05, 3.63) is 57.5 Å². The Labute approximate surface area is 131 Å². The molecule has 2 rings (SSSR count). The Morgan fingerprint density at radius 1 is 1.30 bits per heavy atom. The molecule has 0 heterocycles. The van der Waals surface area contributed by atoms with Crippen molar-refractivity contribution in [2.45, 2.75) is 6.04 Å². The predicted molar refractivity (Wildman–Crippen MR) is 85.6 cm³/mol. The molecule has 1 atom stereocenters. The van der Waals surface area contributed by atoms with E-state index in [2.05, 4.69) is 21.2 Å². The van der Waals surface area contributed by atoms with Crippen LogP contribution >= 0.6 is 27.5 Å². The van der Waals surface area contributed by atoms with Crippen LogP contribution in [0.2, 0.25) is 5.02 Å². The lowest BCUT2D eigenvalue weighted by Crippen LogP contribution is -2.15. The highest BCUT2D eigenvalue weighted by Crippen LogP contribution is 2.30. The fourth-order valence-electron chi connectivity index (χ4n) is 1.90. The third-order valence-corrected chi connectivity index (χ3v) is 3.91. The number of ether oxygens (including phenoxy) is 1. The van der Waals surface area contributed by atoms with Gasteiger partial charge in [-0.25, -0.2) is 0 Å². The van der Waals surface area contributed by atoms with E-state index in [4.69, 9.17) is 16.3 Å². The van der Waals surface area contributed by atoms with Crippen molar-refractivity contribution in [2.75, 3.05) is 19.0 Å². The third kappa shape index (κ3) is 3.45. The van der Waals surface area contributed by atoms with Crippen molar-refractivity contribution in [3.63, 3.8) is 0 Å². The standard InChI is InChI=1S/C15H15BrClNO2/c1-20-15-7-6-10(8-11(15)16)14(9-19)18-13-5-3-2-4-12(13)17/h2-8,14,18-19H,9H2,1H3. The Balaban J connectivity index is 2.24. The molecule has 0 bridgehead atoms. The first-order valence-corrected chi connectivity index (χ1v) is 7.28. The molecular formula is C15H15BrClNO2. The van der Waals surface area contributed by atoms with Gasteiger partial charge in [-0.2, -0.15) is 0 Å². The van der Waals surface area contributed by atoms with Crippen molar-refractivity contribution in [2.24, 2.45) is 0 Å². The fraction of sp³-hybridized carbons (Fsp3) is 0.200. The summed E-state index contributed by atoms with van der Waals surface area (Å²) < 4.78 is 6.04. The summed E-state index contributed by atoms with van der Waals surface area (Å²) in [6, 6.07) is 12.9. The molecule has 0 aliphatic rings. The average Bonchev–Trinajstić information content (AvgIpc) is 2.46. The van der Waals surface area contributed by atoms with E-state index in [0.29, 0.717) is 5.02 Å². The molecule has 0 saturated carbocycles. The minimum absolute atomic E-state index is 0.0377. The Morgan fingerprint density at radius 2 is 2.05 bits per heavy atom. The number of hydrogen-bond donors (Lipinski definition) is 2. The number of nitrogens with one attached hydrogen (secondary N) is 1. The molecule has 0 aromatic heterocycles. The molecule has 2 aromatic carbocycles. The molecule has 0 aliphatic heterocycles. The van der Waals surface area contributed by atoms with Crippen molar-refractivity contribution in [3.8, 4) is 5.75 Å². The Bertz CT molecular complexity index is 592. The maximum atomic E-state index is 9.60. The Kier molecular flexibility index (Phi) is 5.29. The summed E-state index contributed by atoms with van der Waals surface area (Å²) in [6.07, 6.45) is 0. The van der Waals surface area contributed by atoms with Gasteiger partial charge in [0.2, 0.25) is 0 Å². The maximum absolute atomic E-state index is 9.60. The second-order valence-corrected chi connectivity index (χ2v) is 5.51. The Morgan fingerprint density at radius 3 is 2.65 bits per heavy atom. The molecule has 5 heteroatoms. The summed E-state index contributed by atoms with van der Waals surface area (Å²) in [5.41, 5.74) is 1.74. The van der Waals surface area contributed by atoms with Gasteiger partial charge in [-0.15, -0.1) is 0 Å². The van der Waals surface area contributed by atoms with Crippen molar-refractivity contribution in [1.29, 1.82) is 0 Å². The van der Waals surface area contributed by atoms with E-state index >= 15 is 0 Å². The molecule has 0 spiro atoms. The van der Waals surface area contributed by atoms with Crippen LogP contribution < -0.4 is 10.1 Å². The number of anilines is 1. The molecule has 0 amide bonds. The number of aliphatic hydroxyl groups is 1. The number of rotatable bonds is 5. The van der Waals surface area contributed by atoms with Crippen LogP contribution in [-0.4, -0.2) is 18.8 Å². The van der Waals surface area contributed by atoms with Gasteiger partial charge in [-0.05, 0) is 45.8 Å². The zero-order valence-corrected chi connectivity index (χ0v) is 13.3. The third-order valence-electron chi connectivity index (χ3n) is 2.96. The number of aliphatic hydroxyl groups excluding tert-OH is 1. The number of halogens is 2. The number of para-hydroxylation sites is 1. The molecule has 0 saturated heterocycles. The highest BCUT2D eigenvalue weighted by atomic mass is 79.9. The minimum Gasteiger partial charge on any atom is -0.496 e. The molecule has 0 radical (unpaired) electrons. The quantitative estimate of drug-likeness (QED) is 0.841. The summed E-state index contributed by atoms with van der Waals surface area (Å²) in [5.74, 6) is 0.753. The van der Waals surface area contributed by atoms with Gasteiger partial charge in [0, 0.05) is 0 Å². The molecular weight excluding hydrogens is 342 g/mol. The first-order chi connectivity index (χ1) is 9.65. The van der Waals surface area contributed by atoms with E-state index < -0.39 is 0 Å². The number of hydrogen-bond acceptors (Lipinski definition) is 3. The molecule has 3 nitrogen and oxygen atoms in total. The molecule has 2 N–H and O–H groups in total. The summed E-state index contributed by atoms with van der Waals surface area (Å²) >= 11 is 9.56. The van der Waals surface area contributed by atoms with Gasteiger partial charge in [0.15, 0.2) is 0 Å². The summed E-state index contributed by atoms with van der Waals surface area (Å²) in [4.78, 5) is 0. The monoisotopic (exact) mass is 355 g/mol. The molecule has 106 valence electrons.